The van der Waals surface area contributed by atoms with E-state index in [1.165, 1.54) is 0 Å². The molecular formula is C12H13ClN4. The molecule has 0 aliphatic heterocycles. The maximum absolute atomic E-state index is 7.37. The summed E-state index contributed by atoms with van der Waals surface area (Å²) in [6.07, 6.45) is -0.234. The van der Waals surface area contributed by atoms with Crippen LogP contribution >= 0.6 is 11.6 Å². The molecule has 0 saturated carbocycles. The highest BCUT2D eigenvalue weighted by Gasteiger charge is 2.11. The number of anilines is 2. The van der Waals surface area contributed by atoms with Crippen LogP contribution in [-0.4, -0.2) is 9.97 Å². The summed E-state index contributed by atoms with van der Waals surface area (Å²) in [5, 5.41) is 0.570. The summed E-state index contributed by atoms with van der Waals surface area (Å²) >= 11 is 5.84. The molecule has 4 N–H and O–H groups in total. The summed E-state index contributed by atoms with van der Waals surface area (Å²) in [4.78, 5) is 7.90. The molecule has 5 heteroatoms. The highest BCUT2D eigenvalue weighted by molar-refractivity contribution is 6.30. The molecule has 17 heavy (non-hydrogen) atoms. The van der Waals surface area contributed by atoms with E-state index in [9.17, 15) is 0 Å². The van der Waals surface area contributed by atoms with Crippen molar-refractivity contribution in [3.63, 3.8) is 0 Å². The first-order valence-corrected chi connectivity index (χ1v) is 5.32. The minimum absolute atomic E-state index is 0.0422. The molecule has 0 saturated heterocycles. The first kappa shape index (κ1) is 8.31. The molecule has 0 unspecified atom stereocenters. The third-order valence-corrected chi connectivity index (χ3v) is 2.58. The molecule has 1 heterocycles. The van der Waals surface area contributed by atoms with Gasteiger partial charge < -0.3 is 11.5 Å². The molecule has 0 amide bonds. The van der Waals surface area contributed by atoms with Crippen LogP contribution in [0.1, 0.15) is 16.7 Å². The van der Waals surface area contributed by atoms with Crippen molar-refractivity contribution in [1.29, 1.82) is 0 Å². The van der Waals surface area contributed by atoms with Gasteiger partial charge in [0.2, 0.25) is 5.95 Å². The molecule has 0 fully saturated rings. The lowest BCUT2D eigenvalue weighted by atomic mass is 10.0. The largest absolute Gasteiger partial charge is 0.383 e. The van der Waals surface area contributed by atoms with Crippen LogP contribution in [0, 0.1) is 0 Å². The normalized spacial score (nSPS) is 13.8. The number of benzene rings is 1. The molecule has 0 aliphatic rings. The first-order chi connectivity index (χ1) is 9.26. The topological polar surface area (TPSA) is 77.8 Å². The average Bonchev–Trinajstić information content (AvgIpc) is 2.28. The number of halogens is 1. The van der Waals surface area contributed by atoms with E-state index in [1.807, 2.05) is 0 Å². The smallest absolute Gasteiger partial charge is 0.222 e. The second-order valence-corrected chi connectivity index (χ2v) is 3.91. The minimum atomic E-state index is -2.17. The van der Waals surface area contributed by atoms with Gasteiger partial charge in [-0.05, 0) is 24.1 Å². The molecule has 2 aromatic rings. The fourth-order valence-corrected chi connectivity index (χ4v) is 1.73. The zero-order valence-electron chi connectivity index (χ0n) is 11.9. The van der Waals surface area contributed by atoms with Gasteiger partial charge in [0.1, 0.15) is 5.82 Å². The monoisotopic (exact) mass is 251 g/mol. The van der Waals surface area contributed by atoms with Crippen molar-refractivity contribution in [1.82, 2.24) is 9.97 Å². The zero-order chi connectivity index (χ0) is 14.9. The summed E-state index contributed by atoms with van der Waals surface area (Å²) in [5.41, 5.74) is 12.9. The summed E-state index contributed by atoms with van der Waals surface area (Å²) in [6, 6.07) is 6.84. The number of aromatic nitrogens is 2. The Labute approximate surface area is 109 Å². The van der Waals surface area contributed by atoms with Crippen molar-refractivity contribution < 1.29 is 4.11 Å². The van der Waals surface area contributed by atoms with Crippen molar-refractivity contribution >= 4 is 23.4 Å². The van der Waals surface area contributed by atoms with E-state index in [1.54, 1.807) is 24.3 Å². The highest BCUT2D eigenvalue weighted by Crippen LogP contribution is 2.29. The van der Waals surface area contributed by atoms with Gasteiger partial charge in [-0.25, -0.2) is 4.98 Å². The molecule has 2 rings (SSSR count). The number of hydrogen-bond donors (Lipinski definition) is 2. The van der Waals surface area contributed by atoms with Gasteiger partial charge in [-0.1, -0.05) is 30.6 Å². The van der Waals surface area contributed by atoms with Crippen LogP contribution < -0.4 is 11.5 Å². The number of nitrogen functional groups attached to an aromatic ring is 2. The number of nitrogens with two attached hydrogens (primary N) is 2. The van der Waals surface area contributed by atoms with Gasteiger partial charge in [0, 0.05) is 14.7 Å². The van der Waals surface area contributed by atoms with Crippen molar-refractivity contribution in [3.05, 3.63) is 35.0 Å². The standard InChI is InChI=1S/C12H13ClN4/c1-2-9-10(11(14)17-12(15)16-9)7-3-5-8(13)6-4-7/h3-6H,2H2,1H3,(H4,14,15,16,17)/i1D3. The summed E-state index contributed by atoms with van der Waals surface area (Å²) in [5.74, 6) is 0.110. The van der Waals surface area contributed by atoms with E-state index in [4.69, 9.17) is 27.2 Å². The van der Waals surface area contributed by atoms with Crippen molar-refractivity contribution in [2.24, 2.45) is 0 Å². The number of aryl methyl sites for hydroxylation is 1. The van der Waals surface area contributed by atoms with Crippen LogP contribution in [0.4, 0.5) is 11.8 Å². The minimum Gasteiger partial charge on any atom is -0.383 e. The molecule has 88 valence electrons. The molecule has 4 nitrogen and oxygen atoms in total. The highest BCUT2D eigenvalue weighted by atomic mass is 35.5. The van der Waals surface area contributed by atoms with Crippen LogP contribution in [-0.2, 0) is 6.42 Å². The molecule has 1 aromatic carbocycles. The zero-order valence-corrected chi connectivity index (χ0v) is 9.70. The number of nitrogens with zero attached hydrogens (tertiary/aromatic N) is 2. The van der Waals surface area contributed by atoms with Crippen LogP contribution in [0.2, 0.25) is 5.02 Å². The Bertz CT molecular complexity index is 626. The fraction of sp³-hybridized carbons (Fsp3) is 0.167. The van der Waals surface area contributed by atoms with Gasteiger partial charge in [-0.15, -0.1) is 0 Å². The van der Waals surface area contributed by atoms with E-state index in [0.29, 0.717) is 21.8 Å². The van der Waals surface area contributed by atoms with Crippen LogP contribution in [0.15, 0.2) is 24.3 Å². The molecule has 1 aromatic heterocycles. The molecular weight excluding hydrogens is 236 g/mol. The van der Waals surface area contributed by atoms with Gasteiger partial charge in [0.05, 0.1) is 5.69 Å². The molecule has 0 radical (unpaired) electrons. The van der Waals surface area contributed by atoms with Crippen LogP contribution in [0.25, 0.3) is 11.1 Å². The summed E-state index contributed by atoms with van der Waals surface area (Å²) in [6.45, 7) is -2.17. The van der Waals surface area contributed by atoms with E-state index >= 15 is 0 Å². The van der Waals surface area contributed by atoms with E-state index in [-0.39, 0.29) is 18.2 Å². The van der Waals surface area contributed by atoms with Crippen molar-refractivity contribution in [2.75, 3.05) is 11.5 Å². The third kappa shape index (κ3) is 2.31. The fourth-order valence-electron chi connectivity index (χ4n) is 1.61. The average molecular weight is 252 g/mol. The van der Waals surface area contributed by atoms with Crippen LogP contribution in [0.5, 0.6) is 0 Å². The third-order valence-electron chi connectivity index (χ3n) is 2.33. The maximum atomic E-state index is 7.37. The molecule has 0 spiro atoms. The Kier molecular flexibility index (Phi) is 2.24. The van der Waals surface area contributed by atoms with E-state index < -0.39 is 6.85 Å². The lowest BCUT2D eigenvalue weighted by Crippen LogP contribution is -2.06. The van der Waals surface area contributed by atoms with Gasteiger partial charge in [-0.3, -0.25) is 0 Å². The van der Waals surface area contributed by atoms with Gasteiger partial charge >= 0.3 is 0 Å². The first-order valence-electron chi connectivity index (χ1n) is 6.44. The second kappa shape index (κ2) is 4.59. The van der Waals surface area contributed by atoms with Crippen LogP contribution in [0.3, 0.4) is 0 Å². The van der Waals surface area contributed by atoms with Crippen molar-refractivity contribution in [2.45, 2.75) is 13.3 Å². The predicted octanol–water partition coefficient (Wildman–Crippen LogP) is 2.52. The predicted molar refractivity (Wildman–Crippen MR) is 70.7 cm³/mol. The van der Waals surface area contributed by atoms with Gasteiger partial charge in [0.25, 0.3) is 0 Å². The van der Waals surface area contributed by atoms with Gasteiger partial charge in [-0.2, -0.15) is 4.98 Å². The Morgan fingerprint density at radius 2 is 1.94 bits per heavy atom. The number of hydrogen-bond acceptors (Lipinski definition) is 4. The summed E-state index contributed by atoms with van der Waals surface area (Å²) < 4.78 is 22.1. The quantitative estimate of drug-likeness (QED) is 0.860. The number of rotatable bonds is 2. The Balaban J connectivity index is 2.58. The Morgan fingerprint density at radius 3 is 2.59 bits per heavy atom. The summed E-state index contributed by atoms with van der Waals surface area (Å²) in [7, 11) is 0. The van der Waals surface area contributed by atoms with E-state index in [0.717, 1.165) is 0 Å². The maximum Gasteiger partial charge on any atom is 0.222 e. The van der Waals surface area contributed by atoms with Gasteiger partial charge in [0.15, 0.2) is 0 Å². The molecule has 0 atom stereocenters. The Hall–Kier alpha value is -1.81. The lowest BCUT2D eigenvalue weighted by Gasteiger charge is -2.10. The molecule has 0 aliphatic carbocycles. The SMILES string of the molecule is [2H]C([2H])([2H])Cc1nc(N)nc(N)c1-c1ccc(Cl)cc1. The second-order valence-electron chi connectivity index (χ2n) is 3.47. The Morgan fingerprint density at radius 1 is 1.24 bits per heavy atom. The van der Waals surface area contributed by atoms with E-state index in [2.05, 4.69) is 9.97 Å². The molecule has 0 bridgehead atoms. The lowest BCUT2D eigenvalue weighted by molar-refractivity contribution is 1.02. The van der Waals surface area contributed by atoms with Crippen molar-refractivity contribution in [3.8, 4) is 11.1 Å².